The summed E-state index contributed by atoms with van der Waals surface area (Å²) >= 11 is 0. The number of aliphatic imine (C=N–C) groups is 1. The Morgan fingerprint density at radius 1 is 1.30 bits per heavy atom. The van der Waals surface area contributed by atoms with Gasteiger partial charge in [-0.05, 0) is 13.3 Å². The number of morpholine rings is 1. The summed E-state index contributed by atoms with van der Waals surface area (Å²) in [5.41, 5.74) is 0. The molecule has 0 saturated carbocycles. The summed E-state index contributed by atoms with van der Waals surface area (Å²) in [6, 6.07) is 0. The van der Waals surface area contributed by atoms with Gasteiger partial charge in [-0.2, -0.15) is 0 Å². The van der Waals surface area contributed by atoms with Gasteiger partial charge in [-0.3, -0.25) is 9.89 Å². The zero-order valence-corrected chi connectivity index (χ0v) is 15.0. The van der Waals surface area contributed by atoms with E-state index < -0.39 is 0 Å². The second-order valence-corrected chi connectivity index (χ2v) is 4.49. The molecule has 0 unspecified atom stereocenters. The standard InChI is InChI=1S/C13H28N4O2.HI/c1-3-14-13(16-6-10-18-2)15-5-4-7-17-8-11-19-12-9-17;/h3-12H2,1-2H3,(H2,14,15,16);1H. The molecular weight excluding hydrogens is 371 g/mol. The maximum Gasteiger partial charge on any atom is 0.191 e. The van der Waals surface area contributed by atoms with Gasteiger partial charge in [0.2, 0.25) is 0 Å². The lowest BCUT2D eigenvalue weighted by Crippen LogP contribution is -2.39. The van der Waals surface area contributed by atoms with E-state index >= 15 is 0 Å². The van der Waals surface area contributed by atoms with Crippen molar-refractivity contribution >= 4 is 29.9 Å². The number of nitrogens with zero attached hydrogens (tertiary/aromatic N) is 2. The van der Waals surface area contributed by atoms with Crippen LogP contribution in [0.5, 0.6) is 0 Å². The minimum atomic E-state index is 0. The molecule has 1 heterocycles. The lowest BCUT2D eigenvalue weighted by atomic mass is 10.3. The molecule has 1 aliphatic rings. The summed E-state index contributed by atoms with van der Waals surface area (Å²) < 4.78 is 10.3. The predicted octanol–water partition coefficient (Wildman–Crippen LogP) is 0.528. The number of ether oxygens (including phenoxy) is 2. The molecule has 0 atom stereocenters. The van der Waals surface area contributed by atoms with E-state index in [2.05, 4.69) is 27.4 Å². The van der Waals surface area contributed by atoms with Gasteiger partial charge in [0.1, 0.15) is 0 Å². The monoisotopic (exact) mass is 400 g/mol. The van der Waals surface area contributed by atoms with Crippen LogP contribution in [0.4, 0.5) is 0 Å². The van der Waals surface area contributed by atoms with E-state index in [9.17, 15) is 0 Å². The molecule has 120 valence electrons. The van der Waals surface area contributed by atoms with Crippen LogP contribution in [-0.2, 0) is 9.47 Å². The van der Waals surface area contributed by atoms with Gasteiger partial charge in [0.05, 0.1) is 19.8 Å². The zero-order chi connectivity index (χ0) is 13.8. The lowest BCUT2D eigenvalue weighted by molar-refractivity contribution is 0.0377. The largest absolute Gasteiger partial charge is 0.383 e. The summed E-state index contributed by atoms with van der Waals surface area (Å²) in [6.07, 6.45) is 1.08. The average molecular weight is 400 g/mol. The van der Waals surface area contributed by atoms with E-state index in [1.807, 2.05) is 0 Å². The van der Waals surface area contributed by atoms with E-state index in [-0.39, 0.29) is 24.0 Å². The SMILES string of the molecule is CCNC(=NCCCN1CCOCC1)NCCOC.I. The van der Waals surface area contributed by atoms with Crippen LogP contribution in [0.15, 0.2) is 4.99 Å². The Morgan fingerprint density at radius 3 is 2.70 bits per heavy atom. The average Bonchev–Trinajstić information content (AvgIpc) is 2.45. The van der Waals surface area contributed by atoms with Crippen molar-refractivity contribution in [2.75, 3.05) is 66.2 Å². The third-order valence-electron chi connectivity index (χ3n) is 2.95. The number of hydrogen-bond donors (Lipinski definition) is 2. The van der Waals surface area contributed by atoms with Crippen LogP contribution < -0.4 is 10.6 Å². The van der Waals surface area contributed by atoms with Gasteiger partial charge in [-0.25, -0.2) is 0 Å². The van der Waals surface area contributed by atoms with E-state index in [0.29, 0.717) is 6.61 Å². The Balaban J connectivity index is 0.00000361. The van der Waals surface area contributed by atoms with Crippen molar-refractivity contribution in [2.24, 2.45) is 4.99 Å². The third kappa shape index (κ3) is 9.73. The van der Waals surface area contributed by atoms with E-state index in [0.717, 1.165) is 64.9 Å². The van der Waals surface area contributed by atoms with Gasteiger partial charge in [0.25, 0.3) is 0 Å². The molecule has 1 rings (SSSR count). The smallest absolute Gasteiger partial charge is 0.191 e. The van der Waals surface area contributed by atoms with Crippen molar-refractivity contribution in [1.29, 1.82) is 0 Å². The summed E-state index contributed by atoms with van der Waals surface area (Å²) in [6.45, 7) is 10.2. The first-order chi connectivity index (χ1) is 9.36. The summed E-state index contributed by atoms with van der Waals surface area (Å²) in [4.78, 5) is 6.99. The van der Waals surface area contributed by atoms with Crippen LogP contribution in [0.2, 0.25) is 0 Å². The number of methoxy groups -OCH3 is 1. The van der Waals surface area contributed by atoms with Gasteiger partial charge in [-0.1, -0.05) is 0 Å². The van der Waals surface area contributed by atoms with Crippen molar-refractivity contribution in [3.05, 3.63) is 0 Å². The normalized spacial score (nSPS) is 16.6. The van der Waals surface area contributed by atoms with Crippen molar-refractivity contribution in [2.45, 2.75) is 13.3 Å². The second-order valence-electron chi connectivity index (χ2n) is 4.49. The first-order valence-electron chi connectivity index (χ1n) is 7.18. The topological polar surface area (TPSA) is 58.1 Å². The Labute approximate surface area is 139 Å². The first-order valence-corrected chi connectivity index (χ1v) is 7.18. The van der Waals surface area contributed by atoms with Gasteiger partial charge >= 0.3 is 0 Å². The Bertz CT molecular complexity index is 249. The molecule has 0 aromatic carbocycles. The molecule has 0 radical (unpaired) electrons. The van der Waals surface area contributed by atoms with Crippen LogP contribution in [0.3, 0.4) is 0 Å². The lowest BCUT2D eigenvalue weighted by Gasteiger charge is -2.26. The molecule has 0 spiro atoms. The van der Waals surface area contributed by atoms with Crippen LogP contribution in [0.25, 0.3) is 0 Å². The molecule has 2 N–H and O–H groups in total. The molecule has 1 saturated heterocycles. The molecule has 0 aromatic heterocycles. The van der Waals surface area contributed by atoms with Gasteiger partial charge in [-0.15, -0.1) is 24.0 Å². The van der Waals surface area contributed by atoms with Crippen molar-refractivity contribution in [1.82, 2.24) is 15.5 Å². The van der Waals surface area contributed by atoms with Crippen molar-refractivity contribution in [3.63, 3.8) is 0 Å². The minimum Gasteiger partial charge on any atom is -0.383 e. The molecule has 0 aromatic rings. The molecule has 0 amide bonds. The minimum absolute atomic E-state index is 0. The number of rotatable bonds is 8. The quantitative estimate of drug-likeness (QED) is 0.270. The fraction of sp³-hybridized carbons (Fsp3) is 0.923. The number of halogens is 1. The number of hydrogen-bond acceptors (Lipinski definition) is 4. The van der Waals surface area contributed by atoms with Crippen LogP contribution in [0, 0.1) is 0 Å². The summed E-state index contributed by atoms with van der Waals surface area (Å²) in [5.74, 6) is 0.876. The Hall–Kier alpha value is -0.120. The summed E-state index contributed by atoms with van der Waals surface area (Å²) in [7, 11) is 1.70. The fourth-order valence-corrected chi connectivity index (χ4v) is 1.92. The molecule has 7 heteroatoms. The molecule has 20 heavy (non-hydrogen) atoms. The van der Waals surface area contributed by atoms with Gasteiger partial charge < -0.3 is 20.1 Å². The highest BCUT2D eigenvalue weighted by molar-refractivity contribution is 14.0. The highest BCUT2D eigenvalue weighted by atomic mass is 127. The maximum absolute atomic E-state index is 5.33. The van der Waals surface area contributed by atoms with Crippen LogP contribution >= 0.6 is 24.0 Å². The maximum atomic E-state index is 5.33. The molecule has 1 aliphatic heterocycles. The third-order valence-corrected chi connectivity index (χ3v) is 2.95. The molecule has 1 fully saturated rings. The van der Waals surface area contributed by atoms with Gasteiger partial charge in [0, 0.05) is 46.4 Å². The van der Waals surface area contributed by atoms with Crippen LogP contribution in [0.1, 0.15) is 13.3 Å². The second kappa shape index (κ2) is 13.8. The number of nitrogens with one attached hydrogen (secondary N) is 2. The van der Waals surface area contributed by atoms with Crippen molar-refractivity contribution < 1.29 is 9.47 Å². The molecule has 0 bridgehead atoms. The highest BCUT2D eigenvalue weighted by Crippen LogP contribution is 1.97. The van der Waals surface area contributed by atoms with E-state index in [1.54, 1.807) is 7.11 Å². The zero-order valence-electron chi connectivity index (χ0n) is 12.7. The predicted molar refractivity (Wildman–Crippen MR) is 93.1 cm³/mol. The van der Waals surface area contributed by atoms with E-state index in [4.69, 9.17) is 9.47 Å². The summed E-state index contributed by atoms with van der Waals surface area (Å²) in [5, 5.41) is 6.47. The molecule has 0 aliphatic carbocycles. The fourth-order valence-electron chi connectivity index (χ4n) is 1.92. The Kier molecular flexibility index (Phi) is 13.8. The highest BCUT2D eigenvalue weighted by Gasteiger charge is 2.08. The molecule has 6 nitrogen and oxygen atoms in total. The van der Waals surface area contributed by atoms with Crippen LogP contribution in [-0.4, -0.2) is 77.1 Å². The van der Waals surface area contributed by atoms with Crippen molar-refractivity contribution in [3.8, 4) is 0 Å². The molecular formula is C13H29IN4O2. The number of guanidine groups is 1. The van der Waals surface area contributed by atoms with E-state index in [1.165, 1.54) is 0 Å². The van der Waals surface area contributed by atoms with Gasteiger partial charge in [0.15, 0.2) is 5.96 Å². The Morgan fingerprint density at radius 2 is 2.05 bits per heavy atom. The first kappa shape index (κ1) is 19.9.